The van der Waals surface area contributed by atoms with Crippen LogP contribution in [0.1, 0.15) is 37.2 Å². The van der Waals surface area contributed by atoms with Crippen LogP contribution in [0.3, 0.4) is 0 Å². The summed E-state index contributed by atoms with van der Waals surface area (Å²) >= 11 is 1.86. The highest BCUT2D eigenvalue weighted by Crippen LogP contribution is 2.30. The van der Waals surface area contributed by atoms with Crippen molar-refractivity contribution in [3.05, 3.63) is 18.1 Å². The summed E-state index contributed by atoms with van der Waals surface area (Å²) < 4.78 is 4.79. The minimum atomic E-state index is -0.473. The zero-order chi connectivity index (χ0) is 14.3. The minimum Gasteiger partial charge on any atom is -0.464 e. The maximum absolute atomic E-state index is 11.2. The summed E-state index contributed by atoms with van der Waals surface area (Å²) in [6.45, 7) is 5.20. The van der Waals surface area contributed by atoms with Crippen molar-refractivity contribution in [3.63, 3.8) is 0 Å². The predicted octanol–water partition coefficient (Wildman–Crippen LogP) is 2.60. The normalized spacial score (nSPS) is 11.2. The lowest BCUT2D eigenvalue weighted by Gasteiger charge is -2.29. The molecule has 0 bridgehead atoms. The average molecular weight is 283 g/mol. The highest BCUT2D eigenvalue weighted by atomic mass is 32.2. The minimum absolute atomic E-state index is 0.211. The van der Waals surface area contributed by atoms with Gasteiger partial charge in [0.25, 0.3) is 0 Å². The standard InChI is InChI=1S/C13H21N3O2S/c1-5-13(6-2,19-4)9-16-11-8-14-10(7-15-11)12(17)18-3/h7-8H,5-6,9H2,1-4H3,(H,15,16). The van der Waals surface area contributed by atoms with Crippen molar-refractivity contribution in [1.82, 2.24) is 9.97 Å². The summed E-state index contributed by atoms with van der Waals surface area (Å²) in [5, 5.41) is 3.28. The highest BCUT2D eigenvalue weighted by molar-refractivity contribution is 8.00. The van der Waals surface area contributed by atoms with Crippen LogP contribution < -0.4 is 5.32 Å². The molecular weight excluding hydrogens is 262 g/mol. The van der Waals surface area contributed by atoms with Crippen LogP contribution in [0.5, 0.6) is 0 Å². The smallest absolute Gasteiger partial charge is 0.358 e. The van der Waals surface area contributed by atoms with Crippen molar-refractivity contribution in [2.24, 2.45) is 0 Å². The Labute approximate surface area is 118 Å². The molecule has 0 fully saturated rings. The van der Waals surface area contributed by atoms with Crippen LogP contribution >= 0.6 is 11.8 Å². The van der Waals surface area contributed by atoms with E-state index >= 15 is 0 Å². The molecule has 0 amide bonds. The fourth-order valence-electron chi connectivity index (χ4n) is 1.74. The van der Waals surface area contributed by atoms with E-state index in [2.05, 4.69) is 40.1 Å². The van der Waals surface area contributed by atoms with Gasteiger partial charge in [0.1, 0.15) is 5.82 Å². The first-order valence-corrected chi connectivity index (χ1v) is 7.52. The number of rotatable bonds is 7. The first-order valence-electron chi connectivity index (χ1n) is 6.30. The van der Waals surface area contributed by atoms with Crippen LogP contribution in [-0.2, 0) is 4.74 Å². The topological polar surface area (TPSA) is 64.1 Å². The van der Waals surface area contributed by atoms with Crippen LogP contribution in [0.2, 0.25) is 0 Å². The first-order chi connectivity index (χ1) is 9.10. The molecule has 0 saturated carbocycles. The van der Waals surface area contributed by atoms with Gasteiger partial charge in [-0.25, -0.2) is 14.8 Å². The van der Waals surface area contributed by atoms with E-state index in [0.717, 1.165) is 19.4 Å². The Morgan fingerprint density at radius 2 is 2.05 bits per heavy atom. The molecule has 1 aromatic heterocycles. The van der Waals surface area contributed by atoms with Crippen LogP contribution in [0.4, 0.5) is 5.82 Å². The van der Waals surface area contributed by atoms with Crippen molar-refractivity contribution >= 4 is 23.5 Å². The Hall–Kier alpha value is -1.30. The molecule has 0 aromatic carbocycles. The van der Waals surface area contributed by atoms with Crippen LogP contribution in [0.15, 0.2) is 12.4 Å². The van der Waals surface area contributed by atoms with E-state index in [1.54, 1.807) is 6.20 Å². The molecular formula is C13H21N3O2S. The lowest BCUT2D eigenvalue weighted by molar-refractivity contribution is 0.0593. The fourth-order valence-corrected chi connectivity index (χ4v) is 2.54. The number of aromatic nitrogens is 2. The van der Waals surface area contributed by atoms with Gasteiger partial charge in [0, 0.05) is 11.3 Å². The van der Waals surface area contributed by atoms with Gasteiger partial charge in [-0.15, -0.1) is 0 Å². The number of hydrogen-bond donors (Lipinski definition) is 1. The second-order valence-electron chi connectivity index (χ2n) is 4.23. The molecule has 0 unspecified atom stereocenters. The molecule has 1 rings (SSSR count). The summed E-state index contributed by atoms with van der Waals surface area (Å²) in [6.07, 6.45) is 7.28. The molecule has 0 aliphatic carbocycles. The summed E-state index contributed by atoms with van der Waals surface area (Å²) in [7, 11) is 1.32. The van der Waals surface area contributed by atoms with Gasteiger partial charge in [-0.3, -0.25) is 0 Å². The number of anilines is 1. The molecule has 19 heavy (non-hydrogen) atoms. The third kappa shape index (κ3) is 4.09. The third-order valence-electron chi connectivity index (χ3n) is 3.36. The van der Waals surface area contributed by atoms with Crippen molar-refractivity contribution in [3.8, 4) is 0 Å². The Kier molecular flexibility index (Phi) is 6.08. The van der Waals surface area contributed by atoms with Crippen LogP contribution in [0, 0.1) is 0 Å². The van der Waals surface area contributed by atoms with Crippen molar-refractivity contribution in [2.75, 3.05) is 25.2 Å². The molecule has 0 atom stereocenters. The molecule has 106 valence electrons. The lowest BCUT2D eigenvalue weighted by Crippen LogP contribution is -2.32. The molecule has 5 nitrogen and oxygen atoms in total. The number of esters is 1. The molecule has 0 saturated heterocycles. The van der Waals surface area contributed by atoms with E-state index in [0.29, 0.717) is 5.82 Å². The van der Waals surface area contributed by atoms with E-state index in [9.17, 15) is 4.79 Å². The van der Waals surface area contributed by atoms with Gasteiger partial charge in [-0.1, -0.05) is 13.8 Å². The Bertz CT molecular complexity index is 397. The molecule has 1 aromatic rings. The van der Waals surface area contributed by atoms with Crippen molar-refractivity contribution < 1.29 is 9.53 Å². The Morgan fingerprint density at radius 3 is 2.47 bits per heavy atom. The number of carbonyl (C=O) groups excluding carboxylic acids is 1. The van der Waals surface area contributed by atoms with Crippen molar-refractivity contribution in [1.29, 1.82) is 0 Å². The summed E-state index contributed by atoms with van der Waals surface area (Å²) in [5.74, 6) is 0.201. The molecule has 6 heteroatoms. The Balaban J connectivity index is 2.66. The molecule has 1 N–H and O–H groups in total. The second-order valence-corrected chi connectivity index (χ2v) is 5.50. The van der Waals surface area contributed by atoms with Gasteiger partial charge >= 0.3 is 5.97 Å². The monoisotopic (exact) mass is 283 g/mol. The number of methoxy groups -OCH3 is 1. The Morgan fingerprint density at radius 1 is 1.37 bits per heavy atom. The van der Waals surface area contributed by atoms with E-state index in [1.165, 1.54) is 13.3 Å². The fraction of sp³-hybridized carbons (Fsp3) is 0.615. The van der Waals surface area contributed by atoms with E-state index in [-0.39, 0.29) is 10.4 Å². The van der Waals surface area contributed by atoms with Crippen LogP contribution in [-0.4, -0.2) is 40.6 Å². The number of hydrogen-bond acceptors (Lipinski definition) is 6. The highest BCUT2D eigenvalue weighted by Gasteiger charge is 2.24. The molecule has 0 spiro atoms. The van der Waals surface area contributed by atoms with E-state index in [1.807, 2.05) is 11.8 Å². The zero-order valence-corrected chi connectivity index (χ0v) is 12.7. The number of carbonyl (C=O) groups is 1. The molecule has 0 radical (unpaired) electrons. The van der Waals surface area contributed by atoms with Gasteiger partial charge in [-0.2, -0.15) is 11.8 Å². The largest absolute Gasteiger partial charge is 0.464 e. The predicted molar refractivity (Wildman–Crippen MR) is 78.7 cm³/mol. The quantitative estimate of drug-likeness (QED) is 0.776. The molecule has 0 aliphatic heterocycles. The van der Waals surface area contributed by atoms with Gasteiger partial charge in [-0.05, 0) is 19.1 Å². The van der Waals surface area contributed by atoms with E-state index in [4.69, 9.17) is 0 Å². The first kappa shape index (κ1) is 15.8. The van der Waals surface area contributed by atoms with E-state index < -0.39 is 5.97 Å². The van der Waals surface area contributed by atoms with Gasteiger partial charge in [0.05, 0.1) is 19.5 Å². The lowest BCUT2D eigenvalue weighted by atomic mass is 10.0. The third-order valence-corrected chi connectivity index (χ3v) is 4.95. The number of ether oxygens (including phenoxy) is 1. The molecule has 0 aliphatic rings. The van der Waals surface area contributed by atoms with Gasteiger partial charge < -0.3 is 10.1 Å². The number of nitrogens with zero attached hydrogens (tertiary/aromatic N) is 2. The summed E-state index contributed by atoms with van der Waals surface area (Å²) in [6, 6.07) is 0. The van der Waals surface area contributed by atoms with Gasteiger partial charge in [0.2, 0.25) is 0 Å². The zero-order valence-electron chi connectivity index (χ0n) is 11.9. The van der Waals surface area contributed by atoms with Crippen LogP contribution in [0.25, 0.3) is 0 Å². The second kappa shape index (κ2) is 7.33. The number of nitrogens with one attached hydrogen (secondary N) is 1. The van der Waals surface area contributed by atoms with Crippen molar-refractivity contribution in [2.45, 2.75) is 31.4 Å². The summed E-state index contributed by atoms with van der Waals surface area (Å²) in [4.78, 5) is 19.4. The number of thioether (sulfide) groups is 1. The average Bonchev–Trinajstić information content (AvgIpc) is 2.49. The maximum Gasteiger partial charge on any atom is 0.358 e. The SMILES string of the molecule is CCC(CC)(CNc1cnc(C(=O)OC)cn1)SC. The molecule has 1 heterocycles. The van der Waals surface area contributed by atoms with Gasteiger partial charge in [0.15, 0.2) is 5.69 Å². The summed E-state index contributed by atoms with van der Waals surface area (Å²) in [5.41, 5.74) is 0.218. The maximum atomic E-state index is 11.2.